The third kappa shape index (κ3) is 2.37. The molecule has 0 aliphatic heterocycles. The van der Waals surface area contributed by atoms with Crippen LogP contribution in [0.4, 0.5) is 0 Å². The van der Waals surface area contributed by atoms with E-state index in [4.69, 9.17) is 21.9 Å². The van der Waals surface area contributed by atoms with Crippen LogP contribution in [0.15, 0.2) is 35.0 Å². The minimum absolute atomic E-state index is 0.451. The van der Waals surface area contributed by atoms with E-state index in [0.717, 1.165) is 21.9 Å². The number of benzene rings is 1. The molecule has 0 spiro atoms. The Morgan fingerprint density at radius 2 is 2.00 bits per heavy atom. The van der Waals surface area contributed by atoms with Gasteiger partial charge in [0.25, 0.3) is 0 Å². The van der Waals surface area contributed by atoms with Gasteiger partial charge >= 0.3 is 0 Å². The van der Waals surface area contributed by atoms with E-state index in [1.54, 1.807) is 6.20 Å². The zero-order valence-corrected chi connectivity index (χ0v) is 8.87. The summed E-state index contributed by atoms with van der Waals surface area (Å²) in [5, 5.41) is 4.46. The van der Waals surface area contributed by atoms with Crippen molar-refractivity contribution in [1.82, 2.24) is 5.16 Å². The fourth-order valence-corrected chi connectivity index (χ4v) is 1.51. The normalized spacial score (nSPS) is 10.5. The Labute approximate surface area is 92.8 Å². The Morgan fingerprint density at radius 3 is 2.67 bits per heavy atom. The third-order valence-corrected chi connectivity index (χ3v) is 2.48. The first-order valence-electron chi connectivity index (χ1n) is 4.66. The molecule has 0 radical (unpaired) electrons. The standard InChI is InChI=1S/C11H11ClN2O/c12-10-3-1-8(2-4-10)5-11-9(6-13)7-14-15-11/h1-4,7H,5-6,13H2. The molecule has 0 aliphatic carbocycles. The van der Waals surface area contributed by atoms with Gasteiger partial charge in [0, 0.05) is 23.6 Å². The molecule has 0 atom stereocenters. The molecule has 2 rings (SSSR count). The number of hydrogen-bond acceptors (Lipinski definition) is 3. The monoisotopic (exact) mass is 222 g/mol. The van der Waals surface area contributed by atoms with Crippen LogP contribution in [-0.2, 0) is 13.0 Å². The molecule has 0 fully saturated rings. The van der Waals surface area contributed by atoms with Crippen LogP contribution in [0.5, 0.6) is 0 Å². The lowest BCUT2D eigenvalue weighted by Crippen LogP contribution is -1.98. The van der Waals surface area contributed by atoms with Gasteiger partial charge < -0.3 is 10.3 Å². The van der Waals surface area contributed by atoms with Crippen molar-refractivity contribution in [3.63, 3.8) is 0 Å². The summed E-state index contributed by atoms with van der Waals surface area (Å²) in [5.41, 5.74) is 7.63. The summed E-state index contributed by atoms with van der Waals surface area (Å²) in [6.45, 7) is 0.451. The van der Waals surface area contributed by atoms with Crippen LogP contribution in [0.2, 0.25) is 5.02 Å². The predicted molar refractivity (Wildman–Crippen MR) is 58.7 cm³/mol. The highest BCUT2D eigenvalue weighted by molar-refractivity contribution is 6.30. The van der Waals surface area contributed by atoms with Gasteiger partial charge in [-0.3, -0.25) is 0 Å². The number of halogens is 1. The van der Waals surface area contributed by atoms with Crippen molar-refractivity contribution in [3.05, 3.63) is 52.4 Å². The largest absolute Gasteiger partial charge is 0.361 e. The topological polar surface area (TPSA) is 52.0 Å². The zero-order chi connectivity index (χ0) is 10.7. The van der Waals surface area contributed by atoms with Gasteiger partial charge in [0.2, 0.25) is 0 Å². The first kappa shape index (κ1) is 10.2. The maximum Gasteiger partial charge on any atom is 0.145 e. The molecule has 1 aromatic carbocycles. The molecule has 3 nitrogen and oxygen atoms in total. The lowest BCUT2D eigenvalue weighted by molar-refractivity contribution is 0.388. The molecular formula is C11H11ClN2O. The summed E-state index contributed by atoms with van der Waals surface area (Å²) in [5.74, 6) is 0.819. The van der Waals surface area contributed by atoms with Gasteiger partial charge in [-0.25, -0.2) is 0 Å². The van der Waals surface area contributed by atoms with Gasteiger partial charge in [-0.1, -0.05) is 28.9 Å². The molecular weight excluding hydrogens is 212 g/mol. The molecule has 4 heteroatoms. The van der Waals surface area contributed by atoms with Crippen LogP contribution >= 0.6 is 11.6 Å². The number of nitrogens with two attached hydrogens (primary N) is 1. The molecule has 0 aliphatic rings. The van der Waals surface area contributed by atoms with Gasteiger partial charge in [0.15, 0.2) is 0 Å². The van der Waals surface area contributed by atoms with E-state index in [0.29, 0.717) is 13.0 Å². The third-order valence-electron chi connectivity index (χ3n) is 2.23. The van der Waals surface area contributed by atoms with Crippen molar-refractivity contribution in [2.45, 2.75) is 13.0 Å². The minimum atomic E-state index is 0.451. The lowest BCUT2D eigenvalue weighted by atomic mass is 10.1. The Balaban J connectivity index is 2.18. The van der Waals surface area contributed by atoms with Crippen molar-refractivity contribution >= 4 is 11.6 Å². The summed E-state index contributed by atoms with van der Waals surface area (Å²) in [6.07, 6.45) is 2.36. The van der Waals surface area contributed by atoms with Gasteiger partial charge in [-0.15, -0.1) is 0 Å². The molecule has 78 valence electrons. The molecule has 0 unspecified atom stereocenters. The Bertz CT molecular complexity index is 436. The molecule has 2 N–H and O–H groups in total. The molecule has 1 heterocycles. The second-order valence-electron chi connectivity index (χ2n) is 3.28. The number of hydrogen-bond donors (Lipinski definition) is 1. The number of nitrogens with zero attached hydrogens (tertiary/aromatic N) is 1. The van der Waals surface area contributed by atoms with Gasteiger partial charge in [-0.05, 0) is 17.7 Å². The van der Waals surface area contributed by atoms with E-state index in [1.807, 2.05) is 24.3 Å². The average molecular weight is 223 g/mol. The maximum atomic E-state index is 5.80. The quantitative estimate of drug-likeness (QED) is 0.868. The molecule has 1 aromatic heterocycles. The fourth-order valence-electron chi connectivity index (χ4n) is 1.38. The second-order valence-corrected chi connectivity index (χ2v) is 3.72. The van der Waals surface area contributed by atoms with Crippen molar-refractivity contribution in [1.29, 1.82) is 0 Å². The molecule has 2 aromatic rings. The lowest BCUT2D eigenvalue weighted by Gasteiger charge is -1.99. The Kier molecular flexibility index (Phi) is 3.04. The van der Waals surface area contributed by atoms with Crippen LogP contribution in [0.25, 0.3) is 0 Å². The summed E-state index contributed by atoms with van der Waals surface area (Å²) < 4.78 is 5.13. The van der Waals surface area contributed by atoms with Crippen molar-refractivity contribution in [2.75, 3.05) is 0 Å². The van der Waals surface area contributed by atoms with Gasteiger partial charge in [0.05, 0.1) is 6.20 Å². The van der Waals surface area contributed by atoms with E-state index in [2.05, 4.69) is 5.16 Å². The van der Waals surface area contributed by atoms with E-state index in [9.17, 15) is 0 Å². The van der Waals surface area contributed by atoms with Crippen molar-refractivity contribution < 1.29 is 4.52 Å². The predicted octanol–water partition coefficient (Wildman–Crippen LogP) is 2.38. The highest BCUT2D eigenvalue weighted by Gasteiger charge is 2.07. The zero-order valence-electron chi connectivity index (χ0n) is 8.11. The van der Waals surface area contributed by atoms with Crippen LogP contribution in [0.3, 0.4) is 0 Å². The Morgan fingerprint density at radius 1 is 1.27 bits per heavy atom. The van der Waals surface area contributed by atoms with Crippen LogP contribution in [0.1, 0.15) is 16.9 Å². The Hall–Kier alpha value is -1.32. The van der Waals surface area contributed by atoms with Crippen molar-refractivity contribution in [2.24, 2.45) is 5.73 Å². The van der Waals surface area contributed by atoms with Crippen LogP contribution in [-0.4, -0.2) is 5.16 Å². The number of rotatable bonds is 3. The highest BCUT2D eigenvalue weighted by atomic mass is 35.5. The highest BCUT2D eigenvalue weighted by Crippen LogP contribution is 2.15. The van der Waals surface area contributed by atoms with E-state index in [-0.39, 0.29) is 0 Å². The van der Waals surface area contributed by atoms with E-state index >= 15 is 0 Å². The minimum Gasteiger partial charge on any atom is -0.361 e. The summed E-state index contributed by atoms with van der Waals surface area (Å²) in [6, 6.07) is 7.64. The maximum absolute atomic E-state index is 5.80. The van der Waals surface area contributed by atoms with E-state index < -0.39 is 0 Å². The average Bonchev–Trinajstić information content (AvgIpc) is 2.69. The smallest absolute Gasteiger partial charge is 0.145 e. The first-order chi connectivity index (χ1) is 7.29. The number of aromatic nitrogens is 1. The van der Waals surface area contributed by atoms with Gasteiger partial charge in [0.1, 0.15) is 5.76 Å². The summed E-state index contributed by atoms with van der Waals surface area (Å²) >= 11 is 5.80. The first-order valence-corrected chi connectivity index (χ1v) is 5.04. The molecule has 0 amide bonds. The van der Waals surface area contributed by atoms with Crippen molar-refractivity contribution in [3.8, 4) is 0 Å². The van der Waals surface area contributed by atoms with Crippen LogP contribution in [0, 0.1) is 0 Å². The summed E-state index contributed by atoms with van der Waals surface area (Å²) in [7, 11) is 0. The molecule has 15 heavy (non-hydrogen) atoms. The summed E-state index contributed by atoms with van der Waals surface area (Å²) in [4.78, 5) is 0. The fraction of sp³-hybridized carbons (Fsp3) is 0.182. The van der Waals surface area contributed by atoms with Gasteiger partial charge in [-0.2, -0.15) is 0 Å². The molecule has 0 bridgehead atoms. The molecule has 0 saturated heterocycles. The van der Waals surface area contributed by atoms with Crippen LogP contribution < -0.4 is 5.73 Å². The van der Waals surface area contributed by atoms with E-state index in [1.165, 1.54) is 0 Å². The SMILES string of the molecule is NCc1cnoc1Cc1ccc(Cl)cc1. The second kappa shape index (κ2) is 4.47. The molecule has 0 saturated carbocycles.